The molecule has 1 saturated carbocycles. The molecule has 0 radical (unpaired) electrons. The lowest BCUT2D eigenvalue weighted by atomic mass is 9.68. The Morgan fingerprint density at radius 2 is 2.14 bits per heavy atom. The average molecular weight is 303 g/mol. The normalized spacial score (nSPS) is 24.5. The first kappa shape index (κ1) is 15.3. The van der Waals surface area contributed by atoms with Crippen molar-refractivity contribution in [3.05, 3.63) is 29.8 Å². The second-order valence-corrected chi connectivity index (χ2v) is 6.84. The largest absolute Gasteiger partial charge is 0.497 e. The van der Waals surface area contributed by atoms with Gasteiger partial charge in [-0.1, -0.05) is 31.4 Å². The lowest BCUT2D eigenvalue weighted by Gasteiger charge is -2.36. The Bertz CT molecular complexity index is 537. The summed E-state index contributed by atoms with van der Waals surface area (Å²) < 4.78 is 5.28. The van der Waals surface area contributed by atoms with Gasteiger partial charge in [0.15, 0.2) is 0 Å². The van der Waals surface area contributed by atoms with Crippen molar-refractivity contribution in [2.45, 2.75) is 38.6 Å². The second kappa shape index (κ2) is 6.29. The maximum absolute atomic E-state index is 11.7. The van der Waals surface area contributed by atoms with Crippen LogP contribution >= 0.6 is 0 Å². The number of carboxylic acid groups (broad SMARTS) is 1. The molecule has 3 rings (SSSR count). The van der Waals surface area contributed by atoms with E-state index in [0.29, 0.717) is 6.54 Å². The van der Waals surface area contributed by atoms with Crippen LogP contribution in [0.25, 0.3) is 0 Å². The van der Waals surface area contributed by atoms with Gasteiger partial charge in [-0.3, -0.25) is 9.69 Å². The number of ether oxygens (including phenoxy) is 1. The minimum absolute atomic E-state index is 0.00293. The molecule has 1 spiro atoms. The first-order chi connectivity index (χ1) is 10.6. The minimum Gasteiger partial charge on any atom is -0.497 e. The van der Waals surface area contributed by atoms with E-state index in [4.69, 9.17) is 4.74 Å². The van der Waals surface area contributed by atoms with Crippen molar-refractivity contribution >= 4 is 5.97 Å². The molecule has 22 heavy (non-hydrogen) atoms. The van der Waals surface area contributed by atoms with Crippen molar-refractivity contribution in [1.82, 2.24) is 4.90 Å². The van der Waals surface area contributed by atoms with Crippen LogP contribution in [-0.2, 0) is 11.3 Å². The number of benzene rings is 1. The number of likely N-dealkylation sites (tertiary alicyclic amines) is 1. The summed E-state index contributed by atoms with van der Waals surface area (Å²) in [6.07, 6.45) is 5.74. The lowest BCUT2D eigenvalue weighted by Crippen LogP contribution is -2.36. The van der Waals surface area contributed by atoms with Crippen LogP contribution in [0.5, 0.6) is 5.75 Å². The zero-order valence-electron chi connectivity index (χ0n) is 13.3. The van der Waals surface area contributed by atoms with Crippen LogP contribution in [0.1, 0.15) is 37.7 Å². The molecule has 120 valence electrons. The number of carboxylic acids is 1. The van der Waals surface area contributed by atoms with Crippen molar-refractivity contribution < 1.29 is 14.6 Å². The Labute approximate surface area is 132 Å². The molecule has 1 aliphatic heterocycles. The Balaban J connectivity index is 1.74. The summed E-state index contributed by atoms with van der Waals surface area (Å²) in [4.78, 5) is 14.0. The predicted molar refractivity (Wildman–Crippen MR) is 84.9 cm³/mol. The third-order valence-electron chi connectivity index (χ3n) is 5.41. The fraction of sp³-hybridized carbons (Fsp3) is 0.611. The third-order valence-corrected chi connectivity index (χ3v) is 5.41. The van der Waals surface area contributed by atoms with E-state index < -0.39 is 5.97 Å². The molecule has 1 aromatic rings. The van der Waals surface area contributed by atoms with E-state index in [-0.39, 0.29) is 11.3 Å². The molecule has 1 aliphatic carbocycles. The third kappa shape index (κ3) is 2.98. The van der Waals surface area contributed by atoms with Gasteiger partial charge in [0.1, 0.15) is 5.75 Å². The highest BCUT2D eigenvalue weighted by atomic mass is 16.5. The van der Waals surface area contributed by atoms with Crippen LogP contribution in [0, 0.1) is 11.3 Å². The van der Waals surface area contributed by atoms with Crippen molar-refractivity contribution in [3.8, 4) is 5.75 Å². The number of nitrogens with zero attached hydrogens (tertiary/aromatic N) is 1. The lowest BCUT2D eigenvalue weighted by molar-refractivity contribution is -0.145. The van der Waals surface area contributed by atoms with Gasteiger partial charge in [0.05, 0.1) is 13.0 Å². The maximum Gasteiger partial charge on any atom is 0.308 e. The minimum atomic E-state index is -0.616. The van der Waals surface area contributed by atoms with E-state index in [9.17, 15) is 9.90 Å². The van der Waals surface area contributed by atoms with Crippen LogP contribution < -0.4 is 4.74 Å². The highest BCUT2D eigenvalue weighted by molar-refractivity contribution is 5.72. The van der Waals surface area contributed by atoms with Gasteiger partial charge in [0.2, 0.25) is 0 Å². The predicted octanol–water partition coefficient (Wildman–Crippen LogP) is 3.16. The number of aliphatic carboxylic acids is 1. The molecule has 2 aliphatic rings. The maximum atomic E-state index is 11.7. The average Bonchev–Trinajstić information content (AvgIpc) is 2.86. The molecule has 0 aromatic heterocycles. The molecule has 1 atom stereocenters. The van der Waals surface area contributed by atoms with Crippen molar-refractivity contribution in [3.63, 3.8) is 0 Å². The van der Waals surface area contributed by atoms with Crippen LogP contribution in [0.2, 0.25) is 0 Å². The molecular formula is C18H25NO3. The number of methoxy groups -OCH3 is 1. The van der Waals surface area contributed by atoms with Gasteiger partial charge in [-0.2, -0.15) is 0 Å². The SMILES string of the molecule is COc1cccc(CN2C[C@H](C(=O)O)C3(CCCCC3)C2)c1. The summed E-state index contributed by atoms with van der Waals surface area (Å²) in [6.45, 7) is 2.40. The highest BCUT2D eigenvalue weighted by Crippen LogP contribution is 2.47. The first-order valence-corrected chi connectivity index (χ1v) is 8.21. The van der Waals surface area contributed by atoms with Gasteiger partial charge < -0.3 is 9.84 Å². The van der Waals surface area contributed by atoms with E-state index >= 15 is 0 Å². The monoisotopic (exact) mass is 303 g/mol. The van der Waals surface area contributed by atoms with Crippen molar-refractivity contribution in [1.29, 1.82) is 0 Å². The molecule has 4 heteroatoms. The summed E-state index contributed by atoms with van der Waals surface area (Å²) >= 11 is 0. The van der Waals surface area contributed by atoms with Crippen LogP contribution in [0.3, 0.4) is 0 Å². The van der Waals surface area contributed by atoms with Gasteiger partial charge in [0, 0.05) is 19.6 Å². The molecule has 1 aromatic carbocycles. The molecule has 2 fully saturated rings. The van der Waals surface area contributed by atoms with Gasteiger partial charge in [-0.25, -0.2) is 0 Å². The number of rotatable bonds is 4. The topological polar surface area (TPSA) is 49.8 Å². The Morgan fingerprint density at radius 3 is 2.82 bits per heavy atom. The Morgan fingerprint density at radius 1 is 1.36 bits per heavy atom. The molecule has 0 bridgehead atoms. The van der Waals surface area contributed by atoms with Crippen molar-refractivity contribution in [2.75, 3.05) is 20.2 Å². The van der Waals surface area contributed by atoms with Crippen molar-refractivity contribution in [2.24, 2.45) is 11.3 Å². The molecular weight excluding hydrogens is 278 g/mol. The van der Waals surface area contributed by atoms with Gasteiger partial charge in [-0.05, 0) is 36.0 Å². The zero-order chi connectivity index (χ0) is 15.6. The Kier molecular flexibility index (Phi) is 4.39. The molecule has 0 unspecified atom stereocenters. The summed E-state index contributed by atoms with van der Waals surface area (Å²) in [5.74, 6) is 0.0345. The summed E-state index contributed by atoms with van der Waals surface area (Å²) in [5, 5.41) is 9.65. The van der Waals surface area contributed by atoms with Crippen LogP contribution in [0.4, 0.5) is 0 Å². The smallest absolute Gasteiger partial charge is 0.308 e. The second-order valence-electron chi connectivity index (χ2n) is 6.84. The standard InChI is InChI=1S/C18H25NO3/c1-22-15-7-5-6-14(10-15)11-19-12-16(17(20)21)18(13-19)8-3-2-4-9-18/h5-7,10,16H,2-4,8-9,11-13H2,1H3,(H,20,21)/t16-/m1/s1. The summed E-state index contributed by atoms with van der Waals surface area (Å²) in [5.41, 5.74) is 1.19. The quantitative estimate of drug-likeness (QED) is 0.928. The fourth-order valence-corrected chi connectivity index (χ4v) is 4.32. The Hall–Kier alpha value is -1.55. The van der Waals surface area contributed by atoms with Gasteiger partial charge in [0.25, 0.3) is 0 Å². The molecule has 1 N–H and O–H groups in total. The highest BCUT2D eigenvalue weighted by Gasteiger charge is 2.50. The van der Waals surface area contributed by atoms with E-state index in [0.717, 1.165) is 31.7 Å². The van der Waals surface area contributed by atoms with E-state index in [1.165, 1.54) is 24.8 Å². The van der Waals surface area contributed by atoms with Crippen LogP contribution in [0.15, 0.2) is 24.3 Å². The summed E-state index contributed by atoms with van der Waals surface area (Å²) in [7, 11) is 1.67. The van der Waals surface area contributed by atoms with Gasteiger partial charge in [-0.15, -0.1) is 0 Å². The molecule has 0 amide bonds. The number of hydrogen-bond acceptors (Lipinski definition) is 3. The molecule has 1 saturated heterocycles. The van der Waals surface area contributed by atoms with E-state index in [1.54, 1.807) is 7.11 Å². The number of carbonyl (C=O) groups is 1. The number of hydrogen-bond donors (Lipinski definition) is 1. The zero-order valence-corrected chi connectivity index (χ0v) is 13.3. The molecule has 4 nitrogen and oxygen atoms in total. The van der Waals surface area contributed by atoms with E-state index in [1.807, 2.05) is 18.2 Å². The molecule has 1 heterocycles. The summed E-state index contributed by atoms with van der Waals surface area (Å²) in [6, 6.07) is 8.07. The van der Waals surface area contributed by atoms with E-state index in [2.05, 4.69) is 11.0 Å². The van der Waals surface area contributed by atoms with Gasteiger partial charge >= 0.3 is 5.97 Å². The van der Waals surface area contributed by atoms with Crippen LogP contribution in [-0.4, -0.2) is 36.2 Å². The fourth-order valence-electron chi connectivity index (χ4n) is 4.32. The first-order valence-electron chi connectivity index (χ1n) is 8.21.